The van der Waals surface area contributed by atoms with Crippen molar-refractivity contribution in [2.45, 2.75) is 45.4 Å². The normalized spacial score (nSPS) is 9.88. The molecule has 0 saturated carbocycles. The van der Waals surface area contributed by atoms with Crippen molar-refractivity contribution >= 4 is 5.69 Å². The van der Waals surface area contributed by atoms with Gasteiger partial charge in [-0.25, -0.2) is 4.85 Å². The van der Waals surface area contributed by atoms with Crippen LogP contribution in [0.3, 0.4) is 0 Å². The third-order valence-corrected chi connectivity index (χ3v) is 2.74. The van der Waals surface area contributed by atoms with Crippen molar-refractivity contribution in [3.8, 4) is 5.75 Å². The lowest BCUT2D eigenvalue weighted by atomic mass is 10.1. The summed E-state index contributed by atoms with van der Waals surface area (Å²) in [6.45, 7) is 9.97. The largest absolute Gasteiger partial charge is 0.505 e. The monoisotopic (exact) mass is 231 g/mol. The molecule has 0 fully saturated rings. The number of hydrogen-bond acceptors (Lipinski definition) is 1. The van der Waals surface area contributed by atoms with Gasteiger partial charge in [0.25, 0.3) is 0 Å². The van der Waals surface area contributed by atoms with E-state index >= 15 is 0 Å². The molecule has 0 radical (unpaired) electrons. The molecule has 0 aliphatic heterocycles. The summed E-state index contributed by atoms with van der Waals surface area (Å²) in [6.07, 6.45) is 7.54. The van der Waals surface area contributed by atoms with Crippen molar-refractivity contribution in [1.82, 2.24) is 0 Å². The smallest absolute Gasteiger partial charge is 0.228 e. The minimum atomic E-state index is 0.610. The zero-order valence-electron chi connectivity index (χ0n) is 10.6. The first-order valence-corrected chi connectivity index (χ1v) is 6.47. The molecule has 92 valence electrons. The average molecular weight is 231 g/mol. The van der Waals surface area contributed by atoms with Gasteiger partial charge in [0, 0.05) is 0 Å². The molecule has 0 bridgehead atoms. The second-order valence-electron chi connectivity index (χ2n) is 4.20. The Morgan fingerprint density at radius 2 is 1.76 bits per heavy atom. The molecule has 0 amide bonds. The van der Waals surface area contributed by atoms with Crippen LogP contribution in [-0.2, 0) is 0 Å². The number of ether oxygens (including phenoxy) is 1. The Morgan fingerprint density at radius 1 is 1.06 bits per heavy atom. The lowest BCUT2D eigenvalue weighted by Crippen LogP contribution is -1.97. The van der Waals surface area contributed by atoms with Crippen LogP contribution in [0.15, 0.2) is 24.3 Å². The van der Waals surface area contributed by atoms with Gasteiger partial charge in [0.05, 0.1) is 13.2 Å². The standard InChI is InChI=1S/C15H21NO/c1-3-4-5-6-7-10-13-17-15-12-9-8-11-14(15)16-2/h8-9,11-12H,3-7,10,13H2,1H3. The molecular formula is C15H21NO. The van der Waals surface area contributed by atoms with E-state index < -0.39 is 0 Å². The molecule has 1 rings (SSSR count). The second-order valence-corrected chi connectivity index (χ2v) is 4.20. The van der Waals surface area contributed by atoms with Crippen molar-refractivity contribution in [2.75, 3.05) is 6.61 Å². The molecule has 2 heteroatoms. The van der Waals surface area contributed by atoms with Crippen LogP contribution < -0.4 is 4.74 Å². The van der Waals surface area contributed by atoms with Crippen LogP contribution in [-0.4, -0.2) is 6.61 Å². The van der Waals surface area contributed by atoms with E-state index in [0.717, 1.165) is 18.8 Å². The number of unbranched alkanes of at least 4 members (excludes halogenated alkanes) is 5. The molecule has 0 spiro atoms. The van der Waals surface area contributed by atoms with Crippen LogP contribution in [0.1, 0.15) is 45.4 Å². The van der Waals surface area contributed by atoms with Crippen molar-refractivity contribution in [2.24, 2.45) is 0 Å². The van der Waals surface area contributed by atoms with E-state index in [9.17, 15) is 0 Å². The van der Waals surface area contributed by atoms with Gasteiger partial charge < -0.3 is 4.74 Å². The van der Waals surface area contributed by atoms with Gasteiger partial charge in [-0.1, -0.05) is 57.2 Å². The fourth-order valence-electron chi connectivity index (χ4n) is 1.74. The van der Waals surface area contributed by atoms with E-state index in [-0.39, 0.29) is 0 Å². The maximum absolute atomic E-state index is 7.02. The van der Waals surface area contributed by atoms with Gasteiger partial charge in [0.2, 0.25) is 5.69 Å². The van der Waals surface area contributed by atoms with Gasteiger partial charge in [-0.2, -0.15) is 0 Å². The highest BCUT2D eigenvalue weighted by Crippen LogP contribution is 2.26. The van der Waals surface area contributed by atoms with Gasteiger partial charge >= 0.3 is 0 Å². The molecule has 0 unspecified atom stereocenters. The quantitative estimate of drug-likeness (QED) is 0.454. The maximum atomic E-state index is 7.02. The summed E-state index contributed by atoms with van der Waals surface area (Å²) in [5.74, 6) is 0.719. The van der Waals surface area contributed by atoms with E-state index in [1.807, 2.05) is 18.2 Å². The molecule has 1 aromatic rings. The Balaban J connectivity index is 2.16. The van der Waals surface area contributed by atoms with Gasteiger partial charge in [0.1, 0.15) is 5.75 Å². The topological polar surface area (TPSA) is 13.6 Å². The number of benzene rings is 1. The molecule has 0 aliphatic rings. The first-order valence-electron chi connectivity index (χ1n) is 6.47. The highest BCUT2D eigenvalue weighted by Gasteiger charge is 2.00. The van der Waals surface area contributed by atoms with Gasteiger partial charge in [-0.05, 0) is 12.5 Å². The Kier molecular flexibility index (Phi) is 6.90. The minimum absolute atomic E-state index is 0.610. The zero-order chi connectivity index (χ0) is 12.3. The van der Waals surface area contributed by atoms with E-state index in [4.69, 9.17) is 11.3 Å². The lowest BCUT2D eigenvalue weighted by molar-refractivity contribution is 0.306. The van der Waals surface area contributed by atoms with Crippen LogP contribution in [0.4, 0.5) is 5.69 Å². The van der Waals surface area contributed by atoms with Crippen molar-refractivity contribution in [1.29, 1.82) is 0 Å². The van der Waals surface area contributed by atoms with Crippen LogP contribution in [0.25, 0.3) is 4.85 Å². The number of para-hydroxylation sites is 2. The third-order valence-electron chi connectivity index (χ3n) is 2.74. The highest BCUT2D eigenvalue weighted by atomic mass is 16.5. The molecule has 17 heavy (non-hydrogen) atoms. The molecule has 2 nitrogen and oxygen atoms in total. The molecule has 0 aliphatic carbocycles. The predicted molar refractivity (Wildman–Crippen MR) is 71.6 cm³/mol. The average Bonchev–Trinajstić information content (AvgIpc) is 2.38. The maximum Gasteiger partial charge on any atom is 0.228 e. The summed E-state index contributed by atoms with van der Waals surface area (Å²) in [7, 11) is 0. The Hall–Kier alpha value is -1.49. The fourth-order valence-corrected chi connectivity index (χ4v) is 1.74. The Labute approximate surface area is 104 Å². The third kappa shape index (κ3) is 5.40. The molecule has 0 saturated heterocycles. The Morgan fingerprint density at radius 3 is 2.53 bits per heavy atom. The zero-order valence-corrected chi connectivity index (χ0v) is 10.6. The highest BCUT2D eigenvalue weighted by molar-refractivity contribution is 5.56. The summed E-state index contributed by atoms with van der Waals surface area (Å²) in [6, 6.07) is 7.43. The van der Waals surface area contributed by atoms with Crippen LogP contribution in [0, 0.1) is 6.57 Å². The fraction of sp³-hybridized carbons (Fsp3) is 0.533. The summed E-state index contributed by atoms with van der Waals surface area (Å²) in [5.41, 5.74) is 0.610. The van der Waals surface area contributed by atoms with Gasteiger partial charge in [0.15, 0.2) is 0 Å². The van der Waals surface area contributed by atoms with Gasteiger partial charge in [-0.3, -0.25) is 0 Å². The molecule has 0 atom stereocenters. The van der Waals surface area contributed by atoms with Crippen LogP contribution in [0.5, 0.6) is 5.75 Å². The van der Waals surface area contributed by atoms with E-state index in [1.54, 1.807) is 6.07 Å². The van der Waals surface area contributed by atoms with Crippen LogP contribution >= 0.6 is 0 Å². The van der Waals surface area contributed by atoms with E-state index in [0.29, 0.717) is 5.69 Å². The number of hydrogen-bond donors (Lipinski definition) is 0. The first-order chi connectivity index (χ1) is 8.38. The van der Waals surface area contributed by atoms with Crippen molar-refractivity contribution in [3.05, 3.63) is 35.7 Å². The first kappa shape index (κ1) is 13.6. The number of rotatable bonds is 8. The summed E-state index contributed by atoms with van der Waals surface area (Å²) >= 11 is 0. The molecular weight excluding hydrogens is 210 g/mol. The predicted octanol–water partition coefficient (Wildman–Crippen LogP) is 4.98. The lowest BCUT2D eigenvalue weighted by Gasteiger charge is -2.07. The minimum Gasteiger partial charge on any atom is -0.505 e. The molecule has 0 aromatic heterocycles. The summed E-state index contributed by atoms with van der Waals surface area (Å²) in [5, 5.41) is 0. The number of nitrogens with zero attached hydrogens (tertiary/aromatic N) is 1. The Bertz CT molecular complexity index is 354. The summed E-state index contributed by atoms with van der Waals surface area (Å²) < 4.78 is 5.62. The molecule has 0 N–H and O–H groups in total. The van der Waals surface area contributed by atoms with Crippen LogP contribution in [0.2, 0.25) is 0 Å². The van der Waals surface area contributed by atoms with Crippen molar-refractivity contribution < 1.29 is 4.74 Å². The van der Waals surface area contributed by atoms with E-state index in [2.05, 4.69) is 11.8 Å². The van der Waals surface area contributed by atoms with Crippen molar-refractivity contribution in [3.63, 3.8) is 0 Å². The SMILES string of the molecule is [C-]#[N+]c1ccccc1OCCCCCCCC. The van der Waals surface area contributed by atoms with Gasteiger partial charge in [-0.15, -0.1) is 0 Å². The summed E-state index contributed by atoms with van der Waals surface area (Å²) in [4.78, 5) is 3.43. The molecule has 1 aromatic carbocycles. The van der Waals surface area contributed by atoms with E-state index in [1.165, 1.54) is 32.1 Å². The second kappa shape index (κ2) is 8.64. The molecule has 0 heterocycles.